The Morgan fingerprint density at radius 2 is 2.24 bits per heavy atom. The van der Waals surface area contributed by atoms with Gasteiger partial charge in [0.05, 0.1) is 5.56 Å². The Morgan fingerprint density at radius 1 is 1.35 bits per heavy atom. The number of benzene rings is 1. The van der Waals surface area contributed by atoms with Gasteiger partial charge in [0.25, 0.3) is 0 Å². The van der Waals surface area contributed by atoms with Gasteiger partial charge in [-0.1, -0.05) is 18.2 Å². The van der Waals surface area contributed by atoms with Crippen molar-refractivity contribution < 1.29 is 5.11 Å². The predicted molar refractivity (Wildman–Crippen MR) is 69.3 cm³/mol. The summed E-state index contributed by atoms with van der Waals surface area (Å²) in [4.78, 5) is 11.2. The van der Waals surface area contributed by atoms with Crippen LogP contribution in [0.4, 0.5) is 5.13 Å². The second-order valence-electron chi connectivity index (χ2n) is 3.51. The molecule has 0 atom stereocenters. The molecule has 1 aromatic carbocycles. The highest BCUT2D eigenvalue weighted by Crippen LogP contribution is 2.26. The number of nitrogens with zero attached hydrogens (tertiary/aromatic N) is 2. The van der Waals surface area contributed by atoms with Crippen LogP contribution in [0.2, 0.25) is 0 Å². The fourth-order valence-corrected chi connectivity index (χ4v) is 2.16. The highest BCUT2D eigenvalue weighted by molar-refractivity contribution is 7.13. The quantitative estimate of drug-likeness (QED) is 0.679. The highest BCUT2D eigenvalue weighted by Gasteiger charge is 2.07. The Kier molecular flexibility index (Phi) is 2.38. The van der Waals surface area contributed by atoms with Gasteiger partial charge >= 0.3 is 0 Å². The number of aromatic amines is 1. The van der Waals surface area contributed by atoms with E-state index in [-0.39, 0.29) is 5.88 Å². The van der Waals surface area contributed by atoms with Crippen molar-refractivity contribution in [3.8, 4) is 5.88 Å². The van der Waals surface area contributed by atoms with E-state index >= 15 is 0 Å². The molecule has 0 amide bonds. The minimum absolute atomic E-state index is 0.131. The molecular formula is C12H9N3OS. The van der Waals surface area contributed by atoms with Crippen molar-refractivity contribution in [1.29, 1.82) is 0 Å². The van der Waals surface area contributed by atoms with E-state index in [1.54, 1.807) is 12.4 Å². The number of fused-ring (bicyclic) bond motifs is 1. The van der Waals surface area contributed by atoms with Gasteiger partial charge in [0.2, 0.25) is 5.13 Å². The summed E-state index contributed by atoms with van der Waals surface area (Å²) in [6, 6.07) is 7.70. The summed E-state index contributed by atoms with van der Waals surface area (Å²) in [6.45, 7) is 0. The van der Waals surface area contributed by atoms with Gasteiger partial charge in [-0.2, -0.15) is 0 Å². The van der Waals surface area contributed by atoms with E-state index in [1.807, 2.05) is 29.6 Å². The number of aromatic hydroxyl groups is 1. The molecule has 0 aliphatic heterocycles. The first-order valence-corrected chi connectivity index (χ1v) is 5.96. The molecule has 0 saturated heterocycles. The number of aromatic nitrogens is 2. The number of para-hydroxylation sites is 1. The van der Waals surface area contributed by atoms with Crippen LogP contribution in [0.3, 0.4) is 0 Å². The Bertz CT molecular complexity index is 670. The molecule has 0 spiro atoms. The van der Waals surface area contributed by atoms with Crippen LogP contribution >= 0.6 is 11.3 Å². The molecule has 0 bridgehead atoms. The maximum atomic E-state index is 9.80. The molecule has 84 valence electrons. The summed E-state index contributed by atoms with van der Waals surface area (Å²) in [6.07, 6.45) is 3.33. The van der Waals surface area contributed by atoms with E-state index in [4.69, 9.17) is 0 Å². The number of H-pyrrole nitrogens is 1. The summed E-state index contributed by atoms with van der Waals surface area (Å²) in [5, 5.41) is 13.3. The summed E-state index contributed by atoms with van der Waals surface area (Å²) in [5.41, 5.74) is 1.58. The molecule has 4 nitrogen and oxygen atoms in total. The molecule has 0 saturated carbocycles. The van der Waals surface area contributed by atoms with Crippen LogP contribution in [0.1, 0.15) is 5.56 Å². The van der Waals surface area contributed by atoms with Gasteiger partial charge in [-0.3, -0.25) is 0 Å². The first kappa shape index (κ1) is 10.0. The van der Waals surface area contributed by atoms with Crippen LogP contribution in [0.15, 0.2) is 40.8 Å². The molecule has 3 rings (SSSR count). The zero-order valence-corrected chi connectivity index (χ0v) is 9.61. The first-order valence-electron chi connectivity index (χ1n) is 5.08. The average molecular weight is 243 g/mol. The Morgan fingerprint density at radius 3 is 3.06 bits per heavy atom. The minimum atomic E-state index is 0.131. The topological polar surface area (TPSA) is 61.3 Å². The Labute approximate surface area is 101 Å². The Hall–Kier alpha value is -2.14. The zero-order chi connectivity index (χ0) is 11.7. The summed E-state index contributed by atoms with van der Waals surface area (Å²) in [5.74, 6) is 0.131. The second-order valence-corrected chi connectivity index (χ2v) is 4.38. The van der Waals surface area contributed by atoms with Crippen LogP contribution in [-0.2, 0) is 0 Å². The highest BCUT2D eigenvalue weighted by atomic mass is 32.1. The fourth-order valence-electron chi connectivity index (χ4n) is 1.68. The molecule has 3 aromatic rings. The summed E-state index contributed by atoms with van der Waals surface area (Å²) in [7, 11) is 0. The minimum Gasteiger partial charge on any atom is -0.494 e. The molecule has 0 fully saturated rings. The number of hydrogen-bond acceptors (Lipinski definition) is 4. The third-order valence-corrected chi connectivity index (χ3v) is 3.13. The summed E-state index contributed by atoms with van der Waals surface area (Å²) >= 11 is 1.46. The van der Waals surface area contributed by atoms with Crippen LogP contribution in [0.5, 0.6) is 5.88 Å². The Balaban J connectivity index is 2.08. The number of aliphatic imine (C=N–C) groups is 1. The van der Waals surface area contributed by atoms with Crippen molar-refractivity contribution in [3.05, 3.63) is 41.4 Å². The van der Waals surface area contributed by atoms with Crippen molar-refractivity contribution >= 4 is 33.6 Å². The van der Waals surface area contributed by atoms with E-state index in [2.05, 4.69) is 15.0 Å². The van der Waals surface area contributed by atoms with Crippen LogP contribution in [0, 0.1) is 0 Å². The van der Waals surface area contributed by atoms with Gasteiger partial charge in [-0.05, 0) is 6.07 Å². The number of hydrogen-bond donors (Lipinski definition) is 2. The van der Waals surface area contributed by atoms with E-state index in [0.29, 0.717) is 10.7 Å². The third-order valence-electron chi connectivity index (χ3n) is 2.45. The van der Waals surface area contributed by atoms with E-state index in [0.717, 1.165) is 10.9 Å². The van der Waals surface area contributed by atoms with Gasteiger partial charge in [0, 0.05) is 28.7 Å². The van der Waals surface area contributed by atoms with Crippen molar-refractivity contribution in [1.82, 2.24) is 9.97 Å². The maximum absolute atomic E-state index is 9.80. The fraction of sp³-hybridized carbons (Fsp3) is 0. The van der Waals surface area contributed by atoms with E-state index in [9.17, 15) is 5.11 Å². The molecule has 2 aromatic heterocycles. The standard InChI is InChI=1S/C12H9N3OS/c16-11-9(7-14-12-13-5-6-17-12)8-3-1-2-4-10(8)15-11/h1-7,15-16H. The molecule has 5 heteroatoms. The smallest absolute Gasteiger partial charge is 0.209 e. The predicted octanol–water partition coefficient (Wildman–Crippen LogP) is 3.08. The number of thiazole rings is 1. The van der Waals surface area contributed by atoms with Gasteiger partial charge in [-0.15, -0.1) is 11.3 Å². The van der Waals surface area contributed by atoms with E-state index < -0.39 is 0 Å². The molecule has 0 aliphatic carbocycles. The van der Waals surface area contributed by atoms with Gasteiger partial charge < -0.3 is 10.1 Å². The van der Waals surface area contributed by atoms with Crippen molar-refractivity contribution in [2.75, 3.05) is 0 Å². The lowest BCUT2D eigenvalue weighted by molar-refractivity contribution is 0.457. The third kappa shape index (κ3) is 1.81. The lowest BCUT2D eigenvalue weighted by Crippen LogP contribution is -1.78. The lowest BCUT2D eigenvalue weighted by Gasteiger charge is -1.90. The van der Waals surface area contributed by atoms with Crippen LogP contribution < -0.4 is 0 Å². The van der Waals surface area contributed by atoms with Crippen molar-refractivity contribution in [2.45, 2.75) is 0 Å². The van der Waals surface area contributed by atoms with Gasteiger partial charge in [0.15, 0.2) is 5.88 Å². The normalized spacial score (nSPS) is 11.5. The molecule has 0 aliphatic rings. The largest absolute Gasteiger partial charge is 0.494 e. The monoisotopic (exact) mass is 243 g/mol. The summed E-state index contributed by atoms with van der Waals surface area (Å²) < 4.78 is 0. The van der Waals surface area contributed by atoms with E-state index in [1.165, 1.54) is 11.3 Å². The molecule has 2 heterocycles. The van der Waals surface area contributed by atoms with Crippen LogP contribution in [-0.4, -0.2) is 21.3 Å². The molecule has 0 unspecified atom stereocenters. The van der Waals surface area contributed by atoms with Crippen LogP contribution in [0.25, 0.3) is 10.9 Å². The van der Waals surface area contributed by atoms with Crippen molar-refractivity contribution in [2.24, 2.45) is 4.99 Å². The molecule has 0 radical (unpaired) electrons. The number of nitrogens with one attached hydrogen (secondary N) is 1. The van der Waals surface area contributed by atoms with Gasteiger partial charge in [-0.25, -0.2) is 9.98 Å². The lowest BCUT2D eigenvalue weighted by atomic mass is 10.2. The molecule has 2 N–H and O–H groups in total. The van der Waals surface area contributed by atoms with Crippen molar-refractivity contribution in [3.63, 3.8) is 0 Å². The SMILES string of the molecule is Oc1[nH]c2ccccc2c1C=Nc1nccs1. The molecular weight excluding hydrogens is 234 g/mol. The zero-order valence-electron chi connectivity index (χ0n) is 8.79. The number of rotatable bonds is 2. The first-order chi connectivity index (χ1) is 8.34. The average Bonchev–Trinajstić information content (AvgIpc) is 2.93. The maximum Gasteiger partial charge on any atom is 0.209 e. The second kappa shape index (κ2) is 4.03. The molecule has 17 heavy (non-hydrogen) atoms. The van der Waals surface area contributed by atoms with Gasteiger partial charge in [0.1, 0.15) is 0 Å².